The summed E-state index contributed by atoms with van der Waals surface area (Å²) >= 11 is 1.99. The first-order valence-corrected chi connectivity index (χ1v) is 7.67. The Hall–Kier alpha value is -1.43. The van der Waals surface area contributed by atoms with Crippen molar-refractivity contribution in [2.45, 2.75) is 31.3 Å². The van der Waals surface area contributed by atoms with Gasteiger partial charge in [-0.1, -0.05) is 13.8 Å². The summed E-state index contributed by atoms with van der Waals surface area (Å²) in [7, 11) is 1.91. The third-order valence-corrected chi connectivity index (χ3v) is 4.58. The van der Waals surface area contributed by atoms with Crippen LogP contribution >= 0.6 is 11.8 Å². The first-order valence-electron chi connectivity index (χ1n) is 6.73. The zero-order chi connectivity index (χ0) is 14.9. The van der Waals surface area contributed by atoms with E-state index in [1.54, 1.807) is 6.08 Å². The van der Waals surface area contributed by atoms with Crippen LogP contribution in [0.4, 0.5) is 5.82 Å². The summed E-state index contributed by atoms with van der Waals surface area (Å²) in [4.78, 5) is 13.1. The summed E-state index contributed by atoms with van der Waals surface area (Å²) in [5.41, 5.74) is 1.76. The van der Waals surface area contributed by atoms with Gasteiger partial charge < -0.3 is 10.0 Å². The van der Waals surface area contributed by atoms with Gasteiger partial charge in [0.2, 0.25) is 0 Å². The highest BCUT2D eigenvalue weighted by molar-refractivity contribution is 8.00. The number of hydrogen-bond acceptors (Lipinski definition) is 4. The predicted molar refractivity (Wildman–Crippen MR) is 83.3 cm³/mol. The van der Waals surface area contributed by atoms with Crippen molar-refractivity contribution in [1.29, 1.82) is 0 Å². The molecule has 2 rings (SSSR count). The molecule has 0 bridgehead atoms. The van der Waals surface area contributed by atoms with Gasteiger partial charge in [0.1, 0.15) is 5.82 Å². The predicted octanol–water partition coefficient (Wildman–Crippen LogP) is 2.16. The van der Waals surface area contributed by atoms with Crippen molar-refractivity contribution in [2.24, 2.45) is 7.05 Å². The highest BCUT2D eigenvalue weighted by atomic mass is 32.2. The van der Waals surface area contributed by atoms with Gasteiger partial charge in [-0.25, -0.2) is 4.79 Å². The van der Waals surface area contributed by atoms with Gasteiger partial charge in [0.15, 0.2) is 0 Å². The fraction of sp³-hybridized carbons (Fsp3) is 0.571. The lowest BCUT2D eigenvalue weighted by molar-refractivity contribution is -0.131. The van der Waals surface area contributed by atoms with Crippen LogP contribution in [0.5, 0.6) is 0 Å². The Balaban J connectivity index is 2.37. The average molecular weight is 295 g/mol. The lowest BCUT2D eigenvalue weighted by atomic mass is 10.2. The van der Waals surface area contributed by atoms with Gasteiger partial charge in [0, 0.05) is 42.3 Å². The second-order valence-corrected chi connectivity index (χ2v) is 7.16. The Morgan fingerprint density at radius 3 is 2.55 bits per heavy atom. The molecule has 0 aliphatic carbocycles. The molecule has 2 atom stereocenters. The van der Waals surface area contributed by atoms with Gasteiger partial charge in [-0.05, 0) is 13.0 Å². The topological polar surface area (TPSA) is 58.4 Å². The highest BCUT2D eigenvalue weighted by Crippen LogP contribution is 2.32. The fourth-order valence-corrected chi connectivity index (χ4v) is 4.06. The summed E-state index contributed by atoms with van der Waals surface area (Å²) in [5, 5.41) is 14.4. The molecular weight excluding hydrogens is 274 g/mol. The Morgan fingerprint density at radius 2 is 2.00 bits per heavy atom. The van der Waals surface area contributed by atoms with E-state index in [0.29, 0.717) is 10.5 Å². The number of carboxylic acids is 1. The van der Waals surface area contributed by atoms with Crippen LogP contribution in [0.25, 0.3) is 6.08 Å². The number of aromatic nitrogens is 2. The second-order valence-electron chi connectivity index (χ2n) is 5.28. The summed E-state index contributed by atoms with van der Waals surface area (Å²) in [6, 6.07) is 0. The third-order valence-electron chi connectivity index (χ3n) is 3.35. The van der Waals surface area contributed by atoms with Crippen LogP contribution < -0.4 is 4.90 Å². The molecule has 2 unspecified atom stereocenters. The molecule has 1 saturated heterocycles. The lowest BCUT2D eigenvalue weighted by Gasteiger charge is -2.36. The molecule has 0 saturated carbocycles. The zero-order valence-corrected chi connectivity index (χ0v) is 13.1. The van der Waals surface area contributed by atoms with Crippen molar-refractivity contribution in [3.8, 4) is 0 Å². The number of carbonyl (C=O) groups is 1. The molecule has 0 amide bonds. The van der Waals surface area contributed by atoms with Gasteiger partial charge in [0.05, 0.1) is 5.69 Å². The van der Waals surface area contributed by atoms with E-state index < -0.39 is 5.97 Å². The van der Waals surface area contributed by atoms with Gasteiger partial charge in [-0.3, -0.25) is 4.68 Å². The molecule has 2 heterocycles. The van der Waals surface area contributed by atoms with E-state index in [-0.39, 0.29) is 0 Å². The molecule has 1 aromatic heterocycles. The van der Waals surface area contributed by atoms with E-state index in [9.17, 15) is 4.79 Å². The van der Waals surface area contributed by atoms with Crippen molar-refractivity contribution >= 4 is 29.6 Å². The maximum Gasteiger partial charge on any atom is 0.328 e. The minimum atomic E-state index is -0.935. The Kier molecular flexibility index (Phi) is 4.42. The normalized spacial score (nSPS) is 23.5. The number of anilines is 1. The summed E-state index contributed by atoms with van der Waals surface area (Å²) in [6.45, 7) is 8.28. The van der Waals surface area contributed by atoms with Crippen molar-refractivity contribution < 1.29 is 9.90 Å². The molecule has 1 aliphatic rings. The van der Waals surface area contributed by atoms with Crippen LogP contribution in [0.1, 0.15) is 25.1 Å². The SMILES string of the molecule is Cc1nn(C)c(N2CC(C)SC(C)C2)c1C=CC(=O)O. The van der Waals surface area contributed by atoms with Crippen LogP contribution in [0.15, 0.2) is 6.08 Å². The Labute approximate surface area is 123 Å². The maximum absolute atomic E-state index is 10.8. The molecule has 110 valence electrons. The highest BCUT2D eigenvalue weighted by Gasteiger charge is 2.26. The van der Waals surface area contributed by atoms with Crippen LogP contribution in [0.3, 0.4) is 0 Å². The molecule has 0 radical (unpaired) electrons. The smallest absolute Gasteiger partial charge is 0.328 e. The van der Waals surface area contributed by atoms with Crippen LogP contribution in [-0.2, 0) is 11.8 Å². The number of nitrogens with zero attached hydrogens (tertiary/aromatic N) is 3. The quantitative estimate of drug-likeness (QED) is 0.866. The number of aliphatic carboxylic acids is 1. The molecule has 1 N–H and O–H groups in total. The summed E-state index contributed by atoms with van der Waals surface area (Å²) in [6.07, 6.45) is 2.83. The third kappa shape index (κ3) is 3.17. The molecule has 0 aromatic carbocycles. The standard InChI is InChI=1S/C14H21N3O2S/c1-9-7-17(8-10(2)20-9)14-12(5-6-13(18)19)11(3)15-16(14)4/h5-6,9-10H,7-8H2,1-4H3,(H,18,19). The number of rotatable bonds is 3. The van der Waals surface area contributed by atoms with Gasteiger partial charge in [-0.2, -0.15) is 16.9 Å². The molecule has 6 heteroatoms. The molecule has 20 heavy (non-hydrogen) atoms. The van der Waals surface area contributed by atoms with Crippen LogP contribution in [0, 0.1) is 6.92 Å². The second kappa shape index (κ2) is 5.91. The lowest BCUT2D eigenvalue weighted by Crippen LogP contribution is -2.41. The van der Waals surface area contributed by atoms with Crippen molar-refractivity contribution in [1.82, 2.24) is 9.78 Å². The summed E-state index contributed by atoms with van der Waals surface area (Å²) in [5.74, 6) is 0.0779. The van der Waals surface area contributed by atoms with Crippen molar-refractivity contribution in [3.63, 3.8) is 0 Å². The maximum atomic E-state index is 10.8. The van der Waals surface area contributed by atoms with Crippen molar-refractivity contribution in [3.05, 3.63) is 17.3 Å². The average Bonchev–Trinajstić information content (AvgIpc) is 2.59. The monoisotopic (exact) mass is 295 g/mol. The van der Waals surface area contributed by atoms with E-state index >= 15 is 0 Å². The molecule has 1 fully saturated rings. The molecule has 5 nitrogen and oxygen atoms in total. The number of carboxylic acid groups (broad SMARTS) is 1. The van der Waals surface area contributed by atoms with Gasteiger partial charge in [0.25, 0.3) is 0 Å². The molecule has 0 spiro atoms. The Morgan fingerprint density at radius 1 is 1.40 bits per heavy atom. The minimum Gasteiger partial charge on any atom is -0.478 e. The van der Waals surface area contributed by atoms with E-state index in [1.807, 2.05) is 30.4 Å². The van der Waals surface area contributed by atoms with Crippen LogP contribution in [-0.4, -0.2) is 44.4 Å². The first kappa shape index (κ1) is 15.0. The zero-order valence-electron chi connectivity index (χ0n) is 12.3. The van der Waals surface area contributed by atoms with E-state index in [2.05, 4.69) is 23.8 Å². The van der Waals surface area contributed by atoms with Crippen molar-refractivity contribution in [2.75, 3.05) is 18.0 Å². The number of hydrogen-bond donors (Lipinski definition) is 1. The Bertz CT molecular complexity index is 529. The molecule has 1 aromatic rings. The largest absolute Gasteiger partial charge is 0.478 e. The van der Waals surface area contributed by atoms with E-state index in [1.165, 1.54) is 6.08 Å². The van der Waals surface area contributed by atoms with E-state index in [4.69, 9.17) is 5.11 Å². The first-order chi connectivity index (χ1) is 9.38. The van der Waals surface area contributed by atoms with E-state index in [0.717, 1.165) is 30.2 Å². The number of thioether (sulfide) groups is 1. The molecule has 1 aliphatic heterocycles. The number of aryl methyl sites for hydroxylation is 2. The van der Waals surface area contributed by atoms with Gasteiger partial charge in [-0.15, -0.1) is 0 Å². The molecular formula is C14H21N3O2S. The van der Waals surface area contributed by atoms with Gasteiger partial charge >= 0.3 is 5.97 Å². The minimum absolute atomic E-state index is 0.560. The van der Waals surface area contributed by atoms with Crippen LogP contribution in [0.2, 0.25) is 0 Å². The fourth-order valence-electron chi connectivity index (χ4n) is 2.74. The summed E-state index contributed by atoms with van der Waals surface area (Å²) < 4.78 is 1.85.